The van der Waals surface area contributed by atoms with Crippen LogP contribution in [0.5, 0.6) is 0 Å². The van der Waals surface area contributed by atoms with Gasteiger partial charge in [0, 0.05) is 0 Å². The highest BCUT2D eigenvalue weighted by atomic mass is 14.1. The third-order valence-electron chi connectivity index (χ3n) is 3.42. The van der Waals surface area contributed by atoms with Crippen molar-refractivity contribution in [2.24, 2.45) is 11.8 Å². The molecule has 0 saturated heterocycles. The Balaban J connectivity index is 3.18. The van der Waals surface area contributed by atoms with Crippen molar-refractivity contribution in [1.82, 2.24) is 0 Å². The monoisotopic (exact) mass is 197 g/mol. The van der Waals surface area contributed by atoms with Gasteiger partial charge in [0.25, 0.3) is 0 Å². The van der Waals surface area contributed by atoms with Crippen molar-refractivity contribution in [3.05, 3.63) is 6.42 Å². The summed E-state index contributed by atoms with van der Waals surface area (Å²) in [6.07, 6.45) is 12.1. The van der Waals surface area contributed by atoms with Gasteiger partial charge in [-0.15, -0.1) is 0 Å². The second kappa shape index (κ2) is 9.55. The van der Waals surface area contributed by atoms with Crippen LogP contribution in [0.1, 0.15) is 72.6 Å². The highest BCUT2D eigenvalue weighted by Crippen LogP contribution is 2.20. The topological polar surface area (TPSA) is 0 Å². The second-order valence-electron chi connectivity index (χ2n) is 4.74. The molecule has 0 amide bonds. The normalized spacial score (nSPS) is 15.4. The lowest BCUT2D eigenvalue weighted by Gasteiger charge is -2.17. The van der Waals surface area contributed by atoms with E-state index in [1.165, 1.54) is 44.9 Å². The summed E-state index contributed by atoms with van der Waals surface area (Å²) in [5.74, 6) is 1.77. The van der Waals surface area contributed by atoms with E-state index >= 15 is 0 Å². The van der Waals surface area contributed by atoms with Gasteiger partial charge in [-0.1, -0.05) is 66.2 Å². The molecule has 0 heterocycles. The Morgan fingerprint density at radius 2 is 1.64 bits per heavy atom. The molecule has 14 heavy (non-hydrogen) atoms. The van der Waals surface area contributed by atoms with Crippen molar-refractivity contribution < 1.29 is 0 Å². The van der Waals surface area contributed by atoms with Gasteiger partial charge in [0.1, 0.15) is 0 Å². The van der Waals surface area contributed by atoms with Crippen LogP contribution in [0.4, 0.5) is 0 Å². The lowest BCUT2D eigenvalue weighted by Crippen LogP contribution is -2.06. The van der Waals surface area contributed by atoms with Crippen LogP contribution in [-0.2, 0) is 0 Å². The minimum absolute atomic E-state index is 0.881. The van der Waals surface area contributed by atoms with Crippen LogP contribution in [0.15, 0.2) is 0 Å². The number of hydrogen-bond acceptors (Lipinski definition) is 0. The molecule has 0 bridgehead atoms. The Morgan fingerprint density at radius 1 is 0.929 bits per heavy atom. The molecule has 85 valence electrons. The Morgan fingerprint density at radius 3 is 2.21 bits per heavy atom. The van der Waals surface area contributed by atoms with Gasteiger partial charge >= 0.3 is 0 Å². The van der Waals surface area contributed by atoms with Gasteiger partial charge in [0.05, 0.1) is 0 Å². The van der Waals surface area contributed by atoms with Gasteiger partial charge in [-0.3, -0.25) is 0 Å². The molecule has 0 nitrogen and oxygen atoms in total. The van der Waals surface area contributed by atoms with Gasteiger partial charge in [0.2, 0.25) is 0 Å². The van der Waals surface area contributed by atoms with Crippen molar-refractivity contribution >= 4 is 0 Å². The van der Waals surface area contributed by atoms with E-state index in [0.717, 1.165) is 11.8 Å². The third-order valence-corrected chi connectivity index (χ3v) is 3.42. The van der Waals surface area contributed by atoms with E-state index in [-0.39, 0.29) is 0 Å². The second-order valence-corrected chi connectivity index (χ2v) is 4.74. The molecule has 0 aliphatic heterocycles. The van der Waals surface area contributed by atoms with E-state index in [4.69, 9.17) is 0 Å². The van der Waals surface area contributed by atoms with Crippen LogP contribution in [-0.4, -0.2) is 0 Å². The average molecular weight is 197 g/mol. The number of rotatable bonds is 9. The lowest BCUT2D eigenvalue weighted by molar-refractivity contribution is 0.368. The number of unbranched alkanes of at least 4 members (excludes halogenated alkanes) is 5. The van der Waals surface area contributed by atoms with Crippen molar-refractivity contribution in [2.75, 3.05) is 0 Å². The lowest BCUT2D eigenvalue weighted by atomic mass is 9.89. The maximum atomic E-state index is 2.51. The van der Waals surface area contributed by atoms with Crippen LogP contribution >= 0.6 is 0 Å². The molecular formula is C14H29. The average Bonchev–Trinajstić information content (AvgIpc) is 2.21. The van der Waals surface area contributed by atoms with E-state index < -0.39 is 0 Å². The zero-order valence-electron chi connectivity index (χ0n) is 10.7. The van der Waals surface area contributed by atoms with Gasteiger partial charge in [-0.05, 0) is 24.7 Å². The zero-order chi connectivity index (χ0) is 10.8. The predicted octanol–water partition coefficient (Wildman–Crippen LogP) is 5.23. The molecular weight excluding hydrogens is 168 g/mol. The van der Waals surface area contributed by atoms with Crippen molar-refractivity contribution in [3.8, 4) is 0 Å². The summed E-state index contributed by atoms with van der Waals surface area (Å²) in [7, 11) is 0. The van der Waals surface area contributed by atoms with Crippen LogP contribution in [0.3, 0.4) is 0 Å². The summed E-state index contributed by atoms with van der Waals surface area (Å²) in [6.45, 7) is 9.32. The molecule has 0 fully saturated rings. The molecule has 0 saturated carbocycles. The van der Waals surface area contributed by atoms with E-state index in [0.29, 0.717) is 0 Å². The third kappa shape index (κ3) is 7.41. The van der Waals surface area contributed by atoms with Crippen LogP contribution in [0.2, 0.25) is 0 Å². The molecule has 0 N–H and O–H groups in total. The summed E-state index contributed by atoms with van der Waals surface area (Å²) < 4.78 is 0. The first-order valence-corrected chi connectivity index (χ1v) is 6.54. The summed E-state index contributed by atoms with van der Waals surface area (Å²) >= 11 is 0. The molecule has 0 aromatic rings. The quantitative estimate of drug-likeness (QED) is 0.444. The van der Waals surface area contributed by atoms with E-state index in [1.54, 1.807) is 0 Å². The standard InChI is InChI=1S/C14H29/c1-5-7-8-9-10-11-12-14(4)13(3)6-2/h11,13-14H,5-10,12H2,1-4H3. The van der Waals surface area contributed by atoms with Crippen LogP contribution in [0.25, 0.3) is 0 Å². The molecule has 0 heteroatoms. The van der Waals surface area contributed by atoms with Gasteiger partial charge in [-0.2, -0.15) is 0 Å². The fourth-order valence-electron chi connectivity index (χ4n) is 1.73. The molecule has 2 atom stereocenters. The summed E-state index contributed by atoms with van der Waals surface area (Å²) in [4.78, 5) is 0. The highest BCUT2D eigenvalue weighted by Gasteiger charge is 2.08. The Kier molecular flexibility index (Phi) is 9.55. The fourth-order valence-corrected chi connectivity index (χ4v) is 1.73. The molecule has 0 aromatic heterocycles. The van der Waals surface area contributed by atoms with Crippen molar-refractivity contribution in [1.29, 1.82) is 0 Å². The minimum atomic E-state index is 0.881. The predicted molar refractivity (Wildman–Crippen MR) is 66.3 cm³/mol. The Hall–Kier alpha value is 0. The maximum absolute atomic E-state index is 2.51. The molecule has 0 aromatic carbocycles. The Bertz CT molecular complexity index is 107. The van der Waals surface area contributed by atoms with Crippen molar-refractivity contribution in [3.63, 3.8) is 0 Å². The Labute approximate surface area is 91.5 Å². The van der Waals surface area contributed by atoms with Gasteiger partial charge in [0.15, 0.2) is 0 Å². The fraction of sp³-hybridized carbons (Fsp3) is 0.929. The molecule has 0 rings (SSSR count). The largest absolute Gasteiger partial charge is 0.0654 e. The molecule has 1 radical (unpaired) electrons. The van der Waals surface area contributed by atoms with E-state index in [9.17, 15) is 0 Å². The van der Waals surface area contributed by atoms with Crippen LogP contribution in [0, 0.1) is 18.3 Å². The smallest absolute Gasteiger partial charge is 0.0383 e. The zero-order valence-corrected chi connectivity index (χ0v) is 10.7. The molecule has 2 unspecified atom stereocenters. The van der Waals surface area contributed by atoms with E-state index in [1.807, 2.05) is 0 Å². The molecule has 0 spiro atoms. The maximum Gasteiger partial charge on any atom is -0.0383 e. The van der Waals surface area contributed by atoms with Crippen molar-refractivity contribution in [2.45, 2.75) is 72.6 Å². The summed E-state index contributed by atoms with van der Waals surface area (Å²) in [5.41, 5.74) is 0. The first-order valence-electron chi connectivity index (χ1n) is 6.54. The van der Waals surface area contributed by atoms with E-state index in [2.05, 4.69) is 34.1 Å². The first kappa shape index (κ1) is 14.0. The van der Waals surface area contributed by atoms with Crippen LogP contribution < -0.4 is 0 Å². The number of hydrogen-bond donors (Lipinski definition) is 0. The highest BCUT2D eigenvalue weighted by molar-refractivity contribution is 4.71. The molecule has 0 aliphatic rings. The summed E-state index contributed by atoms with van der Waals surface area (Å²) in [6, 6.07) is 0. The SMILES string of the molecule is CCCCCC[CH]CC(C)C(C)CC. The summed E-state index contributed by atoms with van der Waals surface area (Å²) in [5, 5.41) is 0. The van der Waals surface area contributed by atoms with Gasteiger partial charge < -0.3 is 0 Å². The first-order chi connectivity index (χ1) is 6.72. The van der Waals surface area contributed by atoms with Gasteiger partial charge in [-0.25, -0.2) is 0 Å². The molecule has 0 aliphatic carbocycles. The minimum Gasteiger partial charge on any atom is -0.0654 e.